The molecule has 86 valence electrons. The fourth-order valence-corrected chi connectivity index (χ4v) is 1.32. The van der Waals surface area contributed by atoms with Gasteiger partial charge in [-0.15, -0.1) is 0 Å². The van der Waals surface area contributed by atoms with Gasteiger partial charge in [0.2, 0.25) is 0 Å². The van der Waals surface area contributed by atoms with Crippen molar-refractivity contribution in [1.29, 1.82) is 0 Å². The summed E-state index contributed by atoms with van der Waals surface area (Å²) in [5.74, 6) is 0.322. The van der Waals surface area contributed by atoms with E-state index in [2.05, 4.69) is 0 Å². The largest absolute Gasteiger partial charge is 0.508 e. The van der Waals surface area contributed by atoms with Crippen molar-refractivity contribution >= 4 is 36.7 Å². The average molecular weight is 275 g/mol. The molecule has 1 nitrogen and oxygen atoms in total. The Labute approximate surface area is 112 Å². The van der Waals surface area contributed by atoms with E-state index in [4.69, 9.17) is 28.3 Å². The number of halogens is 2. The second-order valence-corrected chi connectivity index (χ2v) is 3.65. The highest BCUT2D eigenvalue weighted by molar-refractivity contribution is 7.59. The summed E-state index contributed by atoms with van der Waals surface area (Å²) >= 11 is 11.1. The lowest BCUT2D eigenvalue weighted by Gasteiger charge is -1.86. The molecule has 0 saturated carbocycles. The summed E-state index contributed by atoms with van der Waals surface area (Å²) in [5, 5.41) is 9.99. The third-order valence-electron chi connectivity index (χ3n) is 1.54. The van der Waals surface area contributed by atoms with Gasteiger partial charge in [-0.25, -0.2) is 0 Å². The SMILES string of the molecule is Clc1cccc(Cl)c1.Oc1ccccc1.S. The molecule has 0 aromatic heterocycles. The van der Waals surface area contributed by atoms with E-state index in [1.165, 1.54) is 0 Å². The molecule has 0 unspecified atom stereocenters. The van der Waals surface area contributed by atoms with Gasteiger partial charge in [-0.2, -0.15) is 13.5 Å². The smallest absolute Gasteiger partial charge is 0.115 e. The highest BCUT2D eigenvalue weighted by atomic mass is 35.5. The predicted molar refractivity (Wildman–Crippen MR) is 74.9 cm³/mol. The second kappa shape index (κ2) is 8.34. The summed E-state index contributed by atoms with van der Waals surface area (Å²) in [6, 6.07) is 15.8. The fourth-order valence-electron chi connectivity index (χ4n) is 0.888. The van der Waals surface area contributed by atoms with E-state index in [1.807, 2.05) is 12.1 Å². The van der Waals surface area contributed by atoms with Crippen LogP contribution in [0.15, 0.2) is 54.6 Å². The standard InChI is InChI=1S/C6H4Cl2.C6H6O.H2S/c7-5-2-1-3-6(8)4-5;7-6-4-2-1-3-5-6;/h1-4H;1-5,7H;1H2. The molecule has 0 fully saturated rings. The quantitative estimate of drug-likeness (QED) is 0.750. The number of rotatable bonds is 0. The molecule has 0 bridgehead atoms. The van der Waals surface area contributed by atoms with Gasteiger partial charge in [0.05, 0.1) is 0 Å². The van der Waals surface area contributed by atoms with Crippen LogP contribution in [0.25, 0.3) is 0 Å². The van der Waals surface area contributed by atoms with Gasteiger partial charge < -0.3 is 5.11 Å². The molecule has 1 N–H and O–H groups in total. The van der Waals surface area contributed by atoms with Gasteiger partial charge in [-0.05, 0) is 30.3 Å². The lowest BCUT2D eigenvalue weighted by Crippen LogP contribution is -1.61. The van der Waals surface area contributed by atoms with Crippen LogP contribution in [0.1, 0.15) is 0 Å². The minimum atomic E-state index is 0. The van der Waals surface area contributed by atoms with Gasteiger partial charge in [-0.3, -0.25) is 0 Å². The maximum atomic E-state index is 8.63. The molecule has 0 saturated heterocycles. The van der Waals surface area contributed by atoms with Crippen molar-refractivity contribution in [2.75, 3.05) is 0 Å². The van der Waals surface area contributed by atoms with Crippen LogP contribution < -0.4 is 0 Å². The molecule has 0 radical (unpaired) electrons. The van der Waals surface area contributed by atoms with Crippen LogP contribution in [0, 0.1) is 0 Å². The van der Waals surface area contributed by atoms with Gasteiger partial charge in [-0.1, -0.05) is 47.5 Å². The Hall–Kier alpha value is -0.830. The molecule has 2 aromatic carbocycles. The summed E-state index contributed by atoms with van der Waals surface area (Å²) in [6.07, 6.45) is 0. The highest BCUT2D eigenvalue weighted by Crippen LogP contribution is 2.13. The minimum absolute atomic E-state index is 0. The Morgan fingerprint density at radius 1 is 0.750 bits per heavy atom. The first-order chi connectivity index (χ1) is 7.18. The van der Waals surface area contributed by atoms with E-state index < -0.39 is 0 Å². The van der Waals surface area contributed by atoms with Gasteiger partial charge in [0.25, 0.3) is 0 Å². The third-order valence-corrected chi connectivity index (χ3v) is 2.01. The topological polar surface area (TPSA) is 20.2 Å². The van der Waals surface area contributed by atoms with Crippen molar-refractivity contribution in [3.63, 3.8) is 0 Å². The van der Waals surface area contributed by atoms with Crippen molar-refractivity contribution < 1.29 is 5.11 Å². The molecule has 0 aliphatic carbocycles. The molecule has 2 aromatic rings. The molecule has 4 heteroatoms. The highest BCUT2D eigenvalue weighted by Gasteiger charge is 1.85. The summed E-state index contributed by atoms with van der Waals surface area (Å²) in [5.41, 5.74) is 0. The molecule has 0 aliphatic heterocycles. The summed E-state index contributed by atoms with van der Waals surface area (Å²) in [7, 11) is 0. The first-order valence-corrected chi connectivity index (χ1v) is 5.09. The van der Waals surface area contributed by atoms with Crippen LogP contribution in [-0.4, -0.2) is 5.11 Å². The van der Waals surface area contributed by atoms with Crippen LogP contribution in [0.2, 0.25) is 10.0 Å². The molecule has 0 atom stereocenters. The normalized spacial score (nSPS) is 8.38. The Morgan fingerprint density at radius 3 is 1.50 bits per heavy atom. The van der Waals surface area contributed by atoms with E-state index in [0.29, 0.717) is 15.8 Å². The van der Waals surface area contributed by atoms with Crippen molar-refractivity contribution in [2.45, 2.75) is 0 Å². The van der Waals surface area contributed by atoms with Crippen molar-refractivity contribution in [3.05, 3.63) is 64.6 Å². The number of phenols is 1. The molecular formula is C12H12Cl2OS. The number of hydrogen-bond donors (Lipinski definition) is 1. The molecule has 2 rings (SSSR count). The molecule has 0 heterocycles. The lowest BCUT2D eigenvalue weighted by molar-refractivity contribution is 0.475. The van der Waals surface area contributed by atoms with Gasteiger partial charge in [0.15, 0.2) is 0 Å². The Kier molecular flexibility index (Phi) is 7.90. The van der Waals surface area contributed by atoms with Crippen LogP contribution in [0.3, 0.4) is 0 Å². The van der Waals surface area contributed by atoms with Crippen LogP contribution in [-0.2, 0) is 0 Å². The van der Waals surface area contributed by atoms with Crippen molar-refractivity contribution in [1.82, 2.24) is 0 Å². The molecule has 16 heavy (non-hydrogen) atoms. The second-order valence-electron chi connectivity index (χ2n) is 2.78. The summed E-state index contributed by atoms with van der Waals surface area (Å²) in [6.45, 7) is 0. The Morgan fingerprint density at radius 2 is 1.25 bits per heavy atom. The molecule has 0 amide bonds. The first kappa shape index (κ1) is 15.2. The van der Waals surface area contributed by atoms with E-state index >= 15 is 0 Å². The zero-order chi connectivity index (χ0) is 11.1. The zero-order valence-corrected chi connectivity index (χ0v) is 10.9. The maximum Gasteiger partial charge on any atom is 0.115 e. The first-order valence-electron chi connectivity index (χ1n) is 4.33. The minimum Gasteiger partial charge on any atom is -0.508 e. The van der Waals surface area contributed by atoms with Gasteiger partial charge >= 0.3 is 0 Å². The zero-order valence-electron chi connectivity index (χ0n) is 8.40. The molecule has 0 aliphatic rings. The monoisotopic (exact) mass is 274 g/mol. The van der Waals surface area contributed by atoms with E-state index in [-0.39, 0.29) is 13.5 Å². The fraction of sp³-hybridized carbons (Fsp3) is 0. The Bertz CT molecular complexity index is 390. The summed E-state index contributed by atoms with van der Waals surface area (Å²) in [4.78, 5) is 0. The summed E-state index contributed by atoms with van der Waals surface area (Å²) < 4.78 is 0. The van der Waals surface area contributed by atoms with E-state index in [0.717, 1.165) is 0 Å². The average Bonchev–Trinajstić information content (AvgIpc) is 2.19. The molecular weight excluding hydrogens is 263 g/mol. The number of phenolic OH excluding ortho intramolecular Hbond substituents is 1. The van der Waals surface area contributed by atoms with E-state index in [1.54, 1.807) is 42.5 Å². The van der Waals surface area contributed by atoms with Crippen molar-refractivity contribution in [3.8, 4) is 5.75 Å². The number of benzene rings is 2. The van der Waals surface area contributed by atoms with Crippen LogP contribution in [0.5, 0.6) is 5.75 Å². The van der Waals surface area contributed by atoms with Crippen LogP contribution >= 0.6 is 36.7 Å². The van der Waals surface area contributed by atoms with Crippen LogP contribution in [0.4, 0.5) is 0 Å². The lowest BCUT2D eigenvalue weighted by atomic mass is 10.3. The van der Waals surface area contributed by atoms with Crippen molar-refractivity contribution in [2.24, 2.45) is 0 Å². The van der Waals surface area contributed by atoms with E-state index in [9.17, 15) is 0 Å². The number of para-hydroxylation sites is 1. The van der Waals surface area contributed by atoms with Gasteiger partial charge in [0, 0.05) is 10.0 Å². The molecule has 0 spiro atoms. The predicted octanol–water partition coefficient (Wildman–Crippen LogP) is 4.50. The number of hydrogen-bond acceptors (Lipinski definition) is 1. The Balaban J connectivity index is 0.000000267. The van der Waals surface area contributed by atoms with Gasteiger partial charge in [0.1, 0.15) is 5.75 Å². The third kappa shape index (κ3) is 6.62. The maximum absolute atomic E-state index is 8.63. The number of aromatic hydroxyl groups is 1.